The number of anilines is 1. The van der Waals surface area contributed by atoms with Gasteiger partial charge in [0.2, 0.25) is 5.89 Å². The lowest BCUT2D eigenvalue weighted by molar-refractivity contribution is 0.336. The summed E-state index contributed by atoms with van der Waals surface area (Å²) in [7, 11) is 3.76. The molecule has 0 aliphatic heterocycles. The summed E-state index contributed by atoms with van der Waals surface area (Å²) < 4.78 is 5.06. The Morgan fingerprint density at radius 1 is 1.36 bits per heavy atom. The van der Waals surface area contributed by atoms with Gasteiger partial charge in [0.15, 0.2) is 0 Å². The molecular formula is C9H18N4O. The number of hydrogen-bond donors (Lipinski definition) is 1. The molecule has 5 heteroatoms. The zero-order valence-electron chi connectivity index (χ0n) is 9.46. The molecule has 1 N–H and O–H groups in total. The van der Waals surface area contributed by atoms with E-state index in [0.29, 0.717) is 18.4 Å². The zero-order valence-corrected chi connectivity index (χ0v) is 9.46. The van der Waals surface area contributed by atoms with Crippen molar-refractivity contribution >= 4 is 5.95 Å². The van der Waals surface area contributed by atoms with Gasteiger partial charge < -0.3 is 14.7 Å². The molecule has 1 rings (SSSR count). The molecule has 0 aromatic carbocycles. The fraction of sp³-hybridized carbons (Fsp3) is 0.778. The molecule has 0 amide bonds. The molecule has 1 aromatic rings. The van der Waals surface area contributed by atoms with Crippen molar-refractivity contribution in [2.75, 3.05) is 19.0 Å². The lowest BCUT2D eigenvalue weighted by atomic mass is 10.1. The van der Waals surface area contributed by atoms with Crippen LogP contribution in [0.4, 0.5) is 5.95 Å². The van der Waals surface area contributed by atoms with E-state index in [1.807, 2.05) is 19.0 Å². The van der Waals surface area contributed by atoms with E-state index in [1.54, 1.807) is 0 Å². The minimum absolute atomic E-state index is 0.0623. The van der Waals surface area contributed by atoms with Crippen molar-refractivity contribution in [3.63, 3.8) is 0 Å². The Morgan fingerprint density at radius 3 is 2.43 bits per heavy atom. The van der Waals surface area contributed by atoms with Gasteiger partial charge in [-0.3, -0.25) is 0 Å². The predicted molar refractivity (Wildman–Crippen MR) is 55.2 cm³/mol. The maximum Gasteiger partial charge on any atom is 0.265 e. The van der Waals surface area contributed by atoms with Crippen LogP contribution in [0.5, 0.6) is 0 Å². The average Bonchev–Trinajstić information content (AvgIpc) is 2.47. The first-order valence-electron chi connectivity index (χ1n) is 4.63. The Kier molecular flexibility index (Phi) is 3.10. The Morgan fingerprint density at radius 2 is 2.00 bits per heavy atom. The van der Waals surface area contributed by atoms with E-state index in [-0.39, 0.29) is 5.54 Å². The third-order valence-corrected chi connectivity index (χ3v) is 1.63. The number of aromatic nitrogens is 2. The van der Waals surface area contributed by atoms with Crippen molar-refractivity contribution in [1.82, 2.24) is 15.5 Å². The molecule has 0 unspecified atom stereocenters. The van der Waals surface area contributed by atoms with Gasteiger partial charge in [0.05, 0.1) is 6.54 Å². The summed E-state index contributed by atoms with van der Waals surface area (Å²) in [6.45, 7) is 6.88. The summed E-state index contributed by atoms with van der Waals surface area (Å²) in [4.78, 5) is 6.01. The lowest BCUT2D eigenvalue weighted by Crippen LogP contribution is -2.35. The molecule has 0 fully saturated rings. The second-order valence-electron chi connectivity index (χ2n) is 4.49. The first kappa shape index (κ1) is 11.0. The molecular weight excluding hydrogens is 180 g/mol. The van der Waals surface area contributed by atoms with E-state index in [4.69, 9.17) is 4.52 Å². The SMILES string of the molecule is CN(C)c1noc(CNC(C)(C)C)n1. The fourth-order valence-corrected chi connectivity index (χ4v) is 0.840. The standard InChI is InChI=1S/C9H18N4O/c1-9(2,3)10-6-7-11-8(12-14-7)13(4)5/h10H,6H2,1-5H3. The van der Waals surface area contributed by atoms with Crippen LogP contribution >= 0.6 is 0 Å². The minimum Gasteiger partial charge on any atom is -0.344 e. The van der Waals surface area contributed by atoms with Crippen molar-refractivity contribution in [3.05, 3.63) is 5.89 Å². The molecule has 0 atom stereocenters. The number of hydrogen-bond acceptors (Lipinski definition) is 5. The van der Waals surface area contributed by atoms with Crippen molar-refractivity contribution in [3.8, 4) is 0 Å². The summed E-state index contributed by atoms with van der Waals surface area (Å²) in [5, 5.41) is 7.09. The Balaban J connectivity index is 2.52. The van der Waals surface area contributed by atoms with Crippen LogP contribution in [0.25, 0.3) is 0 Å². The number of nitrogens with one attached hydrogen (secondary N) is 1. The van der Waals surface area contributed by atoms with Gasteiger partial charge in [-0.2, -0.15) is 4.98 Å². The molecule has 0 saturated carbocycles. The van der Waals surface area contributed by atoms with Crippen LogP contribution in [0.15, 0.2) is 4.52 Å². The first-order valence-corrected chi connectivity index (χ1v) is 4.63. The summed E-state index contributed by atoms with van der Waals surface area (Å²) in [6, 6.07) is 0. The van der Waals surface area contributed by atoms with Gasteiger partial charge in [0, 0.05) is 19.6 Å². The largest absolute Gasteiger partial charge is 0.344 e. The van der Waals surface area contributed by atoms with E-state index >= 15 is 0 Å². The highest BCUT2D eigenvalue weighted by molar-refractivity contribution is 5.23. The molecule has 0 radical (unpaired) electrons. The molecule has 0 saturated heterocycles. The van der Waals surface area contributed by atoms with Crippen molar-refractivity contribution in [2.24, 2.45) is 0 Å². The third-order valence-electron chi connectivity index (χ3n) is 1.63. The monoisotopic (exact) mass is 198 g/mol. The molecule has 0 spiro atoms. The van der Waals surface area contributed by atoms with Crippen LogP contribution in [0.1, 0.15) is 26.7 Å². The molecule has 5 nitrogen and oxygen atoms in total. The maximum absolute atomic E-state index is 5.06. The minimum atomic E-state index is 0.0623. The average molecular weight is 198 g/mol. The Bertz CT molecular complexity index is 287. The van der Waals surface area contributed by atoms with Gasteiger partial charge in [-0.05, 0) is 25.9 Å². The molecule has 14 heavy (non-hydrogen) atoms. The van der Waals surface area contributed by atoms with Crippen molar-refractivity contribution in [2.45, 2.75) is 32.9 Å². The summed E-state index contributed by atoms with van der Waals surface area (Å²) in [6.07, 6.45) is 0. The van der Waals surface area contributed by atoms with Crippen LogP contribution in [0.3, 0.4) is 0 Å². The van der Waals surface area contributed by atoms with Crippen molar-refractivity contribution < 1.29 is 4.52 Å². The van der Waals surface area contributed by atoms with Crippen LogP contribution in [-0.2, 0) is 6.54 Å². The van der Waals surface area contributed by atoms with E-state index in [9.17, 15) is 0 Å². The molecule has 0 bridgehead atoms. The third kappa shape index (κ3) is 3.33. The van der Waals surface area contributed by atoms with Crippen LogP contribution in [-0.4, -0.2) is 29.8 Å². The highest BCUT2D eigenvalue weighted by atomic mass is 16.5. The normalized spacial score (nSPS) is 11.8. The number of nitrogens with zero attached hydrogens (tertiary/aromatic N) is 3. The van der Waals surface area contributed by atoms with E-state index in [0.717, 1.165) is 0 Å². The first-order chi connectivity index (χ1) is 6.38. The highest BCUT2D eigenvalue weighted by Gasteiger charge is 2.12. The lowest BCUT2D eigenvalue weighted by Gasteiger charge is -2.18. The highest BCUT2D eigenvalue weighted by Crippen LogP contribution is 2.06. The topological polar surface area (TPSA) is 54.2 Å². The van der Waals surface area contributed by atoms with E-state index in [1.165, 1.54) is 0 Å². The van der Waals surface area contributed by atoms with Gasteiger partial charge in [-0.25, -0.2) is 0 Å². The van der Waals surface area contributed by atoms with Crippen LogP contribution < -0.4 is 10.2 Å². The van der Waals surface area contributed by atoms with Crippen molar-refractivity contribution in [1.29, 1.82) is 0 Å². The quantitative estimate of drug-likeness (QED) is 0.786. The predicted octanol–water partition coefficient (Wildman–Crippen LogP) is 1.02. The summed E-state index contributed by atoms with van der Waals surface area (Å²) >= 11 is 0. The van der Waals surface area contributed by atoms with Gasteiger partial charge in [-0.15, -0.1) is 0 Å². The zero-order chi connectivity index (χ0) is 10.8. The number of rotatable bonds is 3. The van der Waals surface area contributed by atoms with Gasteiger partial charge >= 0.3 is 0 Å². The Labute approximate surface area is 84.5 Å². The van der Waals surface area contributed by atoms with Gasteiger partial charge in [0.25, 0.3) is 5.95 Å². The van der Waals surface area contributed by atoms with E-state index in [2.05, 4.69) is 36.2 Å². The van der Waals surface area contributed by atoms with E-state index < -0.39 is 0 Å². The molecule has 0 aliphatic carbocycles. The van der Waals surface area contributed by atoms with Crippen LogP contribution in [0.2, 0.25) is 0 Å². The summed E-state index contributed by atoms with van der Waals surface area (Å²) in [5.74, 6) is 1.22. The summed E-state index contributed by atoms with van der Waals surface area (Å²) in [5.41, 5.74) is 0.0623. The maximum atomic E-state index is 5.06. The smallest absolute Gasteiger partial charge is 0.265 e. The molecule has 0 aliphatic rings. The Hall–Kier alpha value is -1.10. The second-order valence-corrected chi connectivity index (χ2v) is 4.49. The fourth-order valence-electron chi connectivity index (χ4n) is 0.840. The molecule has 1 aromatic heterocycles. The van der Waals surface area contributed by atoms with Gasteiger partial charge in [0.1, 0.15) is 0 Å². The molecule has 1 heterocycles. The molecule has 80 valence electrons. The second kappa shape index (κ2) is 3.96. The van der Waals surface area contributed by atoms with Crippen LogP contribution in [0, 0.1) is 0 Å². The van der Waals surface area contributed by atoms with Gasteiger partial charge in [-0.1, -0.05) is 0 Å².